The van der Waals surface area contributed by atoms with Crippen LogP contribution in [0.5, 0.6) is 0 Å². The molecule has 1 aromatic heterocycles. The molecule has 3 nitrogen and oxygen atoms in total. The maximum absolute atomic E-state index is 6.04. The molecule has 0 bridgehead atoms. The molecule has 1 aromatic carbocycles. The molecule has 0 spiro atoms. The van der Waals surface area contributed by atoms with Crippen molar-refractivity contribution in [2.24, 2.45) is 5.92 Å². The van der Waals surface area contributed by atoms with E-state index < -0.39 is 0 Å². The summed E-state index contributed by atoms with van der Waals surface area (Å²) in [6, 6.07) is 5.76. The van der Waals surface area contributed by atoms with Crippen molar-refractivity contribution in [1.82, 2.24) is 15.5 Å². The molecule has 1 N–H and O–H groups in total. The molecule has 1 heterocycles. The average molecular weight is 361 g/mol. The lowest BCUT2D eigenvalue weighted by Gasteiger charge is -2.04. The molecule has 0 amide bonds. The molecular weight excluding hydrogens is 346 g/mol. The molecule has 0 saturated carbocycles. The van der Waals surface area contributed by atoms with Crippen molar-refractivity contribution in [3.8, 4) is 10.6 Å². The molecule has 0 saturated heterocycles. The van der Waals surface area contributed by atoms with E-state index in [2.05, 4.69) is 45.3 Å². The van der Waals surface area contributed by atoms with E-state index in [1.807, 2.05) is 18.2 Å². The molecule has 2 rings (SSSR count). The number of hydrogen-bond donors (Lipinski definition) is 1. The summed E-state index contributed by atoms with van der Waals surface area (Å²) >= 11 is 11.1. The van der Waals surface area contributed by atoms with Gasteiger partial charge in [-0.05, 0) is 30.7 Å². The first-order chi connectivity index (χ1) is 9.04. The summed E-state index contributed by atoms with van der Waals surface area (Å²) in [7, 11) is 0. The highest BCUT2D eigenvalue weighted by Crippen LogP contribution is 2.29. The zero-order chi connectivity index (χ0) is 13.8. The predicted molar refractivity (Wildman–Crippen MR) is 84.6 cm³/mol. The minimum absolute atomic E-state index is 0.635. The van der Waals surface area contributed by atoms with Crippen molar-refractivity contribution in [2.75, 3.05) is 6.54 Å². The lowest BCUT2D eigenvalue weighted by molar-refractivity contribution is 0.550. The number of nitrogens with one attached hydrogen (secondary N) is 1. The molecule has 0 unspecified atom stereocenters. The first-order valence-corrected chi connectivity index (χ1v) is 8.03. The van der Waals surface area contributed by atoms with E-state index in [9.17, 15) is 0 Å². The van der Waals surface area contributed by atoms with E-state index in [1.54, 1.807) is 11.3 Å². The fourth-order valence-corrected chi connectivity index (χ4v) is 3.24. The van der Waals surface area contributed by atoms with Gasteiger partial charge < -0.3 is 5.32 Å². The minimum atomic E-state index is 0.635. The molecular formula is C13H15BrClN3S. The third kappa shape index (κ3) is 4.53. The van der Waals surface area contributed by atoms with Crippen LogP contribution in [-0.2, 0) is 6.54 Å². The maximum atomic E-state index is 6.04. The van der Waals surface area contributed by atoms with Crippen LogP contribution in [-0.4, -0.2) is 16.7 Å². The van der Waals surface area contributed by atoms with Gasteiger partial charge in [0.1, 0.15) is 10.0 Å². The Balaban J connectivity index is 2.07. The van der Waals surface area contributed by atoms with E-state index in [1.165, 1.54) is 0 Å². The molecule has 0 fully saturated rings. The second-order valence-electron chi connectivity index (χ2n) is 4.68. The van der Waals surface area contributed by atoms with Crippen LogP contribution in [0.15, 0.2) is 22.7 Å². The number of hydrogen-bond acceptors (Lipinski definition) is 4. The van der Waals surface area contributed by atoms with Crippen LogP contribution < -0.4 is 5.32 Å². The molecule has 0 radical (unpaired) electrons. The van der Waals surface area contributed by atoms with E-state index in [0.717, 1.165) is 33.1 Å². The molecule has 0 aliphatic rings. The van der Waals surface area contributed by atoms with Gasteiger partial charge in [-0.2, -0.15) is 0 Å². The summed E-state index contributed by atoms with van der Waals surface area (Å²) in [6.45, 7) is 6.11. The Morgan fingerprint density at radius 2 is 2.11 bits per heavy atom. The van der Waals surface area contributed by atoms with E-state index in [-0.39, 0.29) is 0 Å². The molecule has 2 aromatic rings. The second kappa shape index (κ2) is 6.79. The van der Waals surface area contributed by atoms with Crippen molar-refractivity contribution < 1.29 is 0 Å². The Labute approximate surface area is 130 Å². The quantitative estimate of drug-likeness (QED) is 0.860. The number of aromatic nitrogens is 2. The molecule has 6 heteroatoms. The first-order valence-electron chi connectivity index (χ1n) is 6.04. The Kier molecular flexibility index (Phi) is 5.33. The van der Waals surface area contributed by atoms with Gasteiger partial charge in [-0.3, -0.25) is 0 Å². The molecule has 19 heavy (non-hydrogen) atoms. The molecule has 0 atom stereocenters. The van der Waals surface area contributed by atoms with E-state index >= 15 is 0 Å². The highest BCUT2D eigenvalue weighted by atomic mass is 79.9. The summed E-state index contributed by atoms with van der Waals surface area (Å²) in [5.41, 5.74) is 0.993. The summed E-state index contributed by atoms with van der Waals surface area (Å²) in [5, 5.41) is 14.4. The van der Waals surface area contributed by atoms with Crippen molar-refractivity contribution in [3.63, 3.8) is 0 Å². The Morgan fingerprint density at radius 3 is 2.79 bits per heavy atom. The summed E-state index contributed by atoms with van der Waals surface area (Å²) < 4.78 is 0.949. The van der Waals surface area contributed by atoms with Crippen molar-refractivity contribution in [2.45, 2.75) is 20.4 Å². The van der Waals surface area contributed by atoms with Crippen LogP contribution in [0.3, 0.4) is 0 Å². The van der Waals surface area contributed by atoms with E-state index in [0.29, 0.717) is 10.9 Å². The monoisotopic (exact) mass is 359 g/mol. The normalized spacial score (nSPS) is 11.2. The standard InChI is InChI=1S/C13H15BrClN3S/c1-8(2)6-16-7-12-17-18-13(19-12)9-3-10(14)5-11(15)4-9/h3-5,8,16H,6-7H2,1-2H3. The smallest absolute Gasteiger partial charge is 0.147 e. The number of benzene rings is 1. The second-order valence-corrected chi connectivity index (χ2v) is 7.10. The lowest BCUT2D eigenvalue weighted by atomic mass is 10.2. The first kappa shape index (κ1) is 14.9. The van der Waals surface area contributed by atoms with Gasteiger partial charge in [-0.1, -0.05) is 52.7 Å². The van der Waals surface area contributed by atoms with E-state index in [4.69, 9.17) is 11.6 Å². The highest BCUT2D eigenvalue weighted by molar-refractivity contribution is 9.10. The SMILES string of the molecule is CC(C)CNCc1nnc(-c2cc(Cl)cc(Br)c2)s1. The Morgan fingerprint density at radius 1 is 1.32 bits per heavy atom. The van der Waals surface area contributed by atoms with Crippen LogP contribution in [0.25, 0.3) is 10.6 Å². The van der Waals surface area contributed by atoms with Gasteiger partial charge in [0, 0.05) is 21.6 Å². The van der Waals surface area contributed by atoms with Crippen LogP contribution >= 0.6 is 38.9 Å². The van der Waals surface area contributed by atoms with Crippen LogP contribution in [0.4, 0.5) is 0 Å². The fourth-order valence-electron chi connectivity index (χ4n) is 1.59. The number of halogens is 2. The van der Waals surface area contributed by atoms with Crippen molar-refractivity contribution >= 4 is 38.9 Å². The van der Waals surface area contributed by atoms with Crippen molar-refractivity contribution in [1.29, 1.82) is 0 Å². The Hall–Kier alpha value is -0.490. The van der Waals surface area contributed by atoms with Gasteiger partial charge in [0.05, 0.1) is 0 Å². The van der Waals surface area contributed by atoms with Gasteiger partial charge in [0.2, 0.25) is 0 Å². The van der Waals surface area contributed by atoms with Crippen LogP contribution in [0.1, 0.15) is 18.9 Å². The summed E-state index contributed by atoms with van der Waals surface area (Å²) in [5.74, 6) is 0.635. The van der Waals surface area contributed by atoms with Gasteiger partial charge in [-0.15, -0.1) is 10.2 Å². The summed E-state index contributed by atoms with van der Waals surface area (Å²) in [4.78, 5) is 0. The third-order valence-electron chi connectivity index (χ3n) is 2.41. The van der Waals surface area contributed by atoms with Gasteiger partial charge in [0.25, 0.3) is 0 Å². The van der Waals surface area contributed by atoms with Crippen molar-refractivity contribution in [3.05, 3.63) is 32.7 Å². The topological polar surface area (TPSA) is 37.8 Å². The maximum Gasteiger partial charge on any atom is 0.147 e. The highest BCUT2D eigenvalue weighted by Gasteiger charge is 2.08. The number of nitrogens with zero attached hydrogens (tertiary/aromatic N) is 2. The largest absolute Gasteiger partial charge is 0.310 e. The molecule has 0 aliphatic carbocycles. The predicted octanol–water partition coefficient (Wildman–Crippen LogP) is 4.37. The lowest BCUT2D eigenvalue weighted by Crippen LogP contribution is -2.18. The summed E-state index contributed by atoms with van der Waals surface area (Å²) in [6.07, 6.45) is 0. The molecule has 0 aliphatic heterocycles. The van der Waals surface area contributed by atoms with Gasteiger partial charge in [-0.25, -0.2) is 0 Å². The van der Waals surface area contributed by atoms with Gasteiger partial charge >= 0.3 is 0 Å². The fraction of sp³-hybridized carbons (Fsp3) is 0.385. The third-order valence-corrected chi connectivity index (χ3v) is 4.05. The van der Waals surface area contributed by atoms with Crippen LogP contribution in [0.2, 0.25) is 5.02 Å². The average Bonchev–Trinajstić information content (AvgIpc) is 2.76. The Bertz CT molecular complexity index is 536. The number of rotatable bonds is 5. The minimum Gasteiger partial charge on any atom is -0.310 e. The zero-order valence-electron chi connectivity index (χ0n) is 10.8. The molecule has 102 valence electrons. The van der Waals surface area contributed by atoms with Crippen LogP contribution in [0, 0.1) is 5.92 Å². The van der Waals surface area contributed by atoms with Gasteiger partial charge in [0.15, 0.2) is 0 Å². The zero-order valence-corrected chi connectivity index (χ0v) is 13.9.